The van der Waals surface area contributed by atoms with Crippen LogP contribution in [0.5, 0.6) is 0 Å². The van der Waals surface area contributed by atoms with E-state index >= 15 is 0 Å². The van der Waals surface area contributed by atoms with Crippen LogP contribution >= 0.6 is 0 Å². The Morgan fingerprint density at radius 3 is 2.80 bits per heavy atom. The van der Waals surface area contributed by atoms with E-state index < -0.39 is 0 Å². The molecule has 0 spiro atoms. The number of carbonyl (C=O) groups is 1. The number of aryl methyl sites for hydroxylation is 1. The summed E-state index contributed by atoms with van der Waals surface area (Å²) in [6.45, 7) is 8.42. The average molecular weight is 278 g/mol. The van der Waals surface area contributed by atoms with Gasteiger partial charge in [-0.2, -0.15) is 0 Å². The van der Waals surface area contributed by atoms with Gasteiger partial charge in [-0.25, -0.2) is 4.98 Å². The quantitative estimate of drug-likeness (QED) is 0.743. The van der Waals surface area contributed by atoms with E-state index in [4.69, 9.17) is 4.74 Å². The molecule has 1 aromatic heterocycles. The molecule has 110 valence electrons. The molecule has 1 unspecified atom stereocenters. The number of esters is 1. The Bertz CT molecular complexity index is 465. The van der Waals surface area contributed by atoms with Crippen molar-refractivity contribution < 1.29 is 9.53 Å². The zero-order valence-electron chi connectivity index (χ0n) is 12.0. The molecular weight excluding hydrogens is 256 g/mol. The molecule has 0 bridgehead atoms. The minimum Gasteiger partial charge on any atom is -0.464 e. The summed E-state index contributed by atoms with van der Waals surface area (Å²) in [6, 6.07) is -0.00484. The van der Waals surface area contributed by atoms with Crippen molar-refractivity contribution in [2.45, 2.75) is 32.5 Å². The van der Waals surface area contributed by atoms with Crippen LogP contribution in [0.4, 0.5) is 0 Å². The summed E-state index contributed by atoms with van der Waals surface area (Å²) in [5, 5.41) is 0. The van der Waals surface area contributed by atoms with Gasteiger partial charge < -0.3 is 9.30 Å². The van der Waals surface area contributed by atoms with Gasteiger partial charge in [0.15, 0.2) is 0 Å². The molecule has 20 heavy (non-hydrogen) atoms. The fourth-order valence-corrected chi connectivity index (χ4v) is 3.03. The average Bonchev–Trinajstić information content (AvgIpc) is 3.08. The first-order chi connectivity index (χ1) is 9.78. The van der Waals surface area contributed by atoms with Crippen molar-refractivity contribution >= 4 is 5.97 Å². The Morgan fingerprint density at radius 1 is 1.35 bits per heavy atom. The van der Waals surface area contributed by atoms with Crippen molar-refractivity contribution in [1.29, 1.82) is 0 Å². The smallest absolute Gasteiger partial charge is 0.323 e. The van der Waals surface area contributed by atoms with Crippen LogP contribution in [0, 0.1) is 0 Å². The van der Waals surface area contributed by atoms with Crippen molar-refractivity contribution in [3.05, 3.63) is 18.2 Å². The second-order valence-electron chi connectivity index (χ2n) is 5.41. The summed E-state index contributed by atoms with van der Waals surface area (Å²) in [6.07, 6.45) is 4.74. The molecule has 0 saturated carbocycles. The molecule has 6 nitrogen and oxygen atoms in total. The van der Waals surface area contributed by atoms with Crippen LogP contribution < -0.4 is 0 Å². The summed E-state index contributed by atoms with van der Waals surface area (Å²) in [4.78, 5) is 20.7. The summed E-state index contributed by atoms with van der Waals surface area (Å²) in [5.41, 5.74) is 0. The zero-order chi connectivity index (χ0) is 13.9. The van der Waals surface area contributed by atoms with Gasteiger partial charge in [-0.05, 0) is 6.92 Å². The van der Waals surface area contributed by atoms with E-state index in [1.54, 1.807) is 0 Å². The van der Waals surface area contributed by atoms with Crippen LogP contribution in [0.25, 0.3) is 0 Å². The molecular formula is C14H22N4O2. The normalized spacial score (nSPS) is 25.1. The van der Waals surface area contributed by atoms with E-state index in [9.17, 15) is 4.79 Å². The van der Waals surface area contributed by atoms with Crippen LogP contribution in [0.15, 0.2) is 12.4 Å². The molecule has 6 heteroatoms. The molecule has 3 rings (SSSR count). The van der Waals surface area contributed by atoms with Gasteiger partial charge in [0, 0.05) is 51.5 Å². The fraction of sp³-hybridized carbons (Fsp3) is 0.714. The highest BCUT2D eigenvalue weighted by molar-refractivity contribution is 5.77. The molecule has 2 fully saturated rings. The number of nitrogens with zero attached hydrogens (tertiary/aromatic N) is 4. The minimum atomic E-state index is -0.0417. The molecule has 3 heterocycles. The predicted octanol–water partition coefficient (Wildman–Crippen LogP) is 0.336. The van der Waals surface area contributed by atoms with Crippen molar-refractivity contribution in [2.75, 3.05) is 32.8 Å². The minimum absolute atomic E-state index is 0.00484. The monoisotopic (exact) mass is 278 g/mol. The predicted molar refractivity (Wildman–Crippen MR) is 74.1 cm³/mol. The fourth-order valence-electron chi connectivity index (χ4n) is 3.03. The van der Waals surface area contributed by atoms with Crippen LogP contribution in [0.1, 0.15) is 19.2 Å². The van der Waals surface area contributed by atoms with Crippen molar-refractivity contribution in [2.24, 2.45) is 0 Å². The zero-order valence-corrected chi connectivity index (χ0v) is 12.0. The third-order valence-electron chi connectivity index (χ3n) is 4.26. The molecule has 1 atom stereocenters. The number of cyclic esters (lactones) is 1. The maximum atomic E-state index is 11.6. The molecule has 0 aromatic carbocycles. The first-order valence-electron chi connectivity index (χ1n) is 7.41. The third kappa shape index (κ3) is 2.71. The lowest BCUT2D eigenvalue weighted by atomic mass is 10.2. The lowest BCUT2D eigenvalue weighted by Crippen LogP contribution is -2.51. The van der Waals surface area contributed by atoms with Gasteiger partial charge in [0.2, 0.25) is 0 Å². The summed E-state index contributed by atoms with van der Waals surface area (Å²) in [7, 11) is 0. The van der Waals surface area contributed by atoms with Gasteiger partial charge in [-0.1, -0.05) is 0 Å². The topological polar surface area (TPSA) is 50.6 Å². The lowest BCUT2D eigenvalue weighted by molar-refractivity contribution is -0.142. The highest BCUT2D eigenvalue weighted by Gasteiger charge is 2.34. The molecule has 1 aromatic rings. The van der Waals surface area contributed by atoms with Crippen LogP contribution in [0.2, 0.25) is 0 Å². The van der Waals surface area contributed by atoms with Crippen molar-refractivity contribution in [3.63, 3.8) is 0 Å². The highest BCUT2D eigenvalue weighted by Crippen LogP contribution is 2.17. The van der Waals surface area contributed by atoms with Crippen molar-refractivity contribution in [3.8, 4) is 0 Å². The van der Waals surface area contributed by atoms with E-state index in [0.29, 0.717) is 6.61 Å². The standard InChI is InChI=1S/C14H22N4O2/c1-2-17-5-4-15-13(17)11-16-6-8-18(9-7-16)12-3-10-20-14(12)19/h4-5,12H,2-3,6-11H2,1H3. The van der Waals surface area contributed by atoms with Gasteiger partial charge in [0.05, 0.1) is 13.2 Å². The molecule has 0 N–H and O–H groups in total. The van der Waals surface area contributed by atoms with Crippen LogP contribution in [-0.4, -0.2) is 64.1 Å². The Morgan fingerprint density at radius 2 is 2.15 bits per heavy atom. The van der Waals surface area contributed by atoms with E-state index in [2.05, 4.69) is 26.3 Å². The Hall–Kier alpha value is -1.40. The van der Waals surface area contributed by atoms with Gasteiger partial charge >= 0.3 is 5.97 Å². The molecule has 0 radical (unpaired) electrons. The van der Waals surface area contributed by atoms with Gasteiger partial charge in [-0.3, -0.25) is 14.6 Å². The Kier molecular flexibility index (Phi) is 4.03. The number of hydrogen-bond acceptors (Lipinski definition) is 5. The molecule has 0 aliphatic carbocycles. The van der Waals surface area contributed by atoms with E-state index in [0.717, 1.165) is 51.5 Å². The van der Waals surface area contributed by atoms with Crippen LogP contribution in [0.3, 0.4) is 0 Å². The maximum absolute atomic E-state index is 11.6. The van der Waals surface area contributed by atoms with Gasteiger partial charge in [-0.15, -0.1) is 0 Å². The number of imidazole rings is 1. The lowest BCUT2D eigenvalue weighted by Gasteiger charge is -2.36. The van der Waals surface area contributed by atoms with Crippen molar-refractivity contribution in [1.82, 2.24) is 19.4 Å². The van der Waals surface area contributed by atoms with Gasteiger partial charge in [0.25, 0.3) is 0 Å². The third-order valence-corrected chi connectivity index (χ3v) is 4.26. The SMILES string of the molecule is CCn1ccnc1CN1CCN(C2CCOC2=O)CC1. The summed E-state index contributed by atoms with van der Waals surface area (Å²) >= 11 is 0. The Labute approximate surface area is 119 Å². The first-order valence-corrected chi connectivity index (χ1v) is 7.41. The number of hydrogen-bond donors (Lipinski definition) is 0. The number of piperazine rings is 1. The molecule has 0 amide bonds. The number of rotatable bonds is 4. The highest BCUT2D eigenvalue weighted by atomic mass is 16.5. The summed E-state index contributed by atoms with van der Waals surface area (Å²) in [5.74, 6) is 1.08. The molecule has 2 aliphatic heterocycles. The van der Waals surface area contributed by atoms with E-state index in [1.807, 2.05) is 12.4 Å². The number of carbonyl (C=O) groups excluding carboxylic acids is 1. The van der Waals surface area contributed by atoms with E-state index in [-0.39, 0.29) is 12.0 Å². The second kappa shape index (κ2) is 5.93. The summed E-state index contributed by atoms with van der Waals surface area (Å²) < 4.78 is 7.23. The number of aromatic nitrogens is 2. The Balaban J connectivity index is 1.52. The maximum Gasteiger partial charge on any atom is 0.323 e. The number of ether oxygens (including phenoxy) is 1. The molecule has 2 saturated heterocycles. The van der Waals surface area contributed by atoms with E-state index in [1.165, 1.54) is 0 Å². The van der Waals surface area contributed by atoms with Gasteiger partial charge in [0.1, 0.15) is 11.9 Å². The molecule has 2 aliphatic rings. The largest absolute Gasteiger partial charge is 0.464 e. The second-order valence-corrected chi connectivity index (χ2v) is 5.41. The first kappa shape index (κ1) is 13.6. The van der Waals surface area contributed by atoms with Crippen LogP contribution in [-0.2, 0) is 22.6 Å².